The Kier molecular flexibility index (Phi) is 4.46. The summed E-state index contributed by atoms with van der Waals surface area (Å²) >= 11 is 1.50. The van der Waals surface area contributed by atoms with Gasteiger partial charge in [0.25, 0.3) is 0 Å². The summed E-state index contributed by atoms with van der Waals surface area (Å²) < 4.78 is 1.83. The molecule has 1 aromatic carbocycles. The van der Waals surface area contributed by atoms with E-state index in [-0.39, 0.29) is 5.57 Å². The first-order valence-electron chi connectivity index (χ1n) is 5.29. The minimum atomic E-state index is 0.137. The fraction of sp³-hybridized carbons (Fsp3) is 0.143. The molecular weight excluding hydrogens is 228 g/mol. The molecule has 1 aromatic heterocycles. The number of thiophene rings is 1. The number of nitrogens with zero attached hydrogens (tertiary/aromatic N) is 2. The summed E-state index contributed by atoms with van der Waals surface area (Å²) in [6.45, 7) is 7.87. The van der Waals surface area contributed by atoms with Crippen LogP contribution in [0.3, 0.4) is 0 Å². The van der Waals surface area contributed by atoms with Crippen LogP contribution in [0.2, 0.25) is 0 Å². The molecule has 3 heteroatoms. The van der Waals surface area contributed by atoms with Gasteiger partial charge in [-0.25, -0.2) is 0 Å². The van der Waals surface area contributed by atoms with Crippen molar-refractivity contribution < 1.29 is 0 Å². The standard InChI is InChI=1S/C12H6N2S.C2H6/c1-8-12(9(6-13)7-14)10-4-2-3-5-11(10)15-8;1-2/h2-5H,1H2;1-2H3. The van der Waals surface area contributed by atoms with Crippen LogP contribution >= 0.6 is 11.3 Å². The first-order chi connectivity index (χ1) is 8.27. The maximum absolute atomic E-state index is 8.85. The predicted molar refractivity (Wildman–Crippen MR) is 72.6 cm³/mol. The van der Waals surface area contributed by atoms with E-state index in [1.165, 1.54) is 11.3 Å². The molecule has 0 aliphatic heterocycles. The average molecular weight is 240 g/mol. The van der Waals surface area contributed by atoms with Gasteiger partial charge in [0.05, 0.1) is 0 Å². The quantitative estimate of drug-likeness (QED) is 0.710. The van der Waals surface area contributed by atoms with Gasteiger partial charge >= 0.3 is 0 Å². The molecule has 0 aliphatic rings. The number of hydrogen-bond donors (Lipinski definition) is 0. The second-order valence-corrected chi connectivity index (χ2v) is 4.13. The highest BCUT2D eigenvalue weighted by molar-refractivity contribution is 7.17. The summed E-state index contributed by atoms with van der Waals surface area (Å²) in [5.41, 5.74) is 0.137. The average Bonchev–Trinajstić information content (AvgIpc) is 2.71. The van der Waals surface area contributed by atoms with Gasteiger partial charge in [0.2, 0.25) is 0 Å². The Balaban J connectivity index is 0.000000686. The molecule has 2 nitrogen and oxygen atoms in total. The Hall–Kier alpha value is -2.10. The number of benzene rings is 1. The van der Waals surface area contributed by atoms with Gasteiger partial charge in [-0.2, -0.15) is 10.5 Å². The summed E-state index contributed by atoms with van der Waals surface area (Å²) in [5, 5.41) is 19.3. The zero-order valence-electron chi connectivity index (χ0n) is 9.82. The second-order valence-electron chi connectivity index (χ2n) is 3.00. The van der Waals surface area contributed by atoms with Crippen molar-refractivity contribution in [1.82, 2.24) is 0 Å². The predicted octanol–water partition coefficient (Wildman–Crippen LogP) is 2.54. The highest BCUT2D eigenvalue weighted by atomic mass is 32.1. The lowest BCUT2D eigenvalue weighted by molar-refractivity contribution is 1.50. The van der Waals surface area contributed by atoms with E-state index in [1.807, 2.05) is 50.3 Å². The molecule has 0 spiro atoms. The van der Waals surface area contributed by atoms with Crippen LogP contribution in [0.15, 0.2) is 24.3 Å². The lowest BCUT2D eigenvalue weighted by Crippen LogP contribution is -2.19. The minimum Gasteiger partial charge on any atom is -0.192 e. The number of fused-ring (bicyclic) bond motifs is 1. The molecule has 0 saturated heterocycles. The van der Waals surface area contributed by atoms with E-state index in [2.05, 4.69) is 6.58 Å². The lowest BCUT2D eigenvalue weighted by atomic mass is 10.1. The first kappa shape index (κ1) is 13.0. The van der Waals surface area contributed by atoms with Crippen molar-refractivity contribution in [2.45, 2.75) is 13.8 Å². The molecule has 2 rings (SSSR count). The maximum Gasteiger partial charge on any atom is 0.138 e. The monoisotopic (exact) mass is 240 g/mol. The third-order valence-electron chi connectivity index (χ3n) is 2.14. The van der Waals surface area contributed by atoms with Crippen molar-refractivity contribution in [1.29, 1.82) is 10.5 Å². The van der Waals surface area contributed by atoms with E-state index < -0.39 is 0 Å². The van der Waals surface area contributed by atoms with Crippen molar-refractivity contribution in [3.8, 4) is 12.1 Å². The molecule has 2 aromatic rings. The van der Waals surface area contributed by atoms with Gasteiger partial charge in [-0.1, -0.05) is 38.6 Å². The third-order valence-corrected chi connectivity index (χ3v) is 3.17. The van der Waals surface area contributed by atoms with E-state index in [4.69, 9.17) is 10.5 Å². The maximum atomic E-state index is 8.85. The van der Waals surface area contributed by atoms with E-state index in [0.717, 1.165) is 14.6 Å². The van der Waals surface area contributed by atoms with Gasteiger partial charge < -0.3 is 0 Å². The largest absolute Gasteiger partial charge is 0.192 e. The molecule has 0 bridgehead atoms. The Morgan fingerprint density at radius 1 is 1.18 bits per heavy atom. The second kappa shape index (κ2) is 5.84. The summed E-state index contributed by atoms with van der Waals surface area (Å²) in [4.78, 5) is 0. The number of rotatable bonds is 0. The smallest absolute Gasteiger partial charge is 0.138 e. The molecule has 0 N–H and O–H groups in total. The van der Waals surface area contributed by atoms with E-state index in [9.17, 15) is 0 Å². The number of nitriles is 2. The van der Waals surface area contributed by atoms with E-state index >= 15 is 0 Å². The molecule has 17 heavy (non-hydrogen) atoms. The number of hydrogen-bond acceptors (Lipinski definition) is 3. The molecule has 0 amide bonds. The summed E-state index contributed by atoms with van der Waals surface area (Å²) in [7, 11) is 0. The zero-order chi connectivity index (χ0) is 12.8. The van der Waals surface area contributed by atoms with Crippen LogP contribution < -0.4 is 9.75 Å². The molecule has 0 fully saturated rings. The molecule has 84 valence electrons. The molecular formula is C14H12N2S. The van der Waals surface area contributed by atoms with Gasteiger partial charge in [0, 0.05) is 19.8 Å². The fourth-order valence-corrected chi connectivity index (χ4v) is 2.51. The molecule has 0 radical (unpaired) electrons. The third kappa shape index (κ3) is 2.36. The van der Waals surface area contributed by atoms with E-state index in [0.29, 0.717) is 5.22 Å². The van der Waals surface area contributed by atoms with Crippen molar-refractivity contribution in [2.75, 3.05) is 0 Å². The summed E-state index contributed by atoms with van der Waals surface area (Å²) in [5.74, 6) is 0. The van der Waals surface area contributed by atoms with Crippen LogP contribution in [0.25, 0.3) is 22.2 Å². The van der Waals surface area contributed by atoms with Gasteiger partial charge in [-0.05, 0) is 6.07 Å². The van der Waals surface area contributed by atoms with Crippen LogP contribution in [0.5, 0.6) is 0 Å². The summed E-state index contributed by atoms with van der Waals surface area (Å²) in [6.07, 6.45) is 0. The first-order valence-corrected chi connectivity index (χ1v) is 6.10. The minimum absolute atomic E-state index is 0.137. The Morgan fingerprint density at radius 3 is 2.35 bits per heavy atom. The zero-order valence-corrected chi connectivity index (χ0v) is 10.6. The Labute approximate surface area is 104 Å². The normalized spacial score (nSPS) is 8.71. The van der Waals surface area contributed by atoms with E-state index in [1.54, 1.807) is 0 Å². The topological polar surface area (TPSA) is 47.6 Å². The van der Waals surface area contributed by atoms with Crippen molar-refractivity contribution in [2.24, 2.45) is 0 Å². The van der Waals surface area contributed by atoms with Gasteiger partial charge in [-0.15, -0.1) is 11.3 Å². The van der Waals surface area contributed by atoms with Crippen molar-refractivity contribution in [3.05, 3.63) is 34.0 Å². The van der Waals surface area contributed by atoms with Gasteiger partial charge in [0.15, 0.2) is 0 Å². The van der Waals surface area contributed by atoms with Crippen LogP contribution in [-0.2, 0) is 0 Å². The van der Waals surface area contributed by atoms with Crippen LogP contribution in [-0.4, -0.2) is 0 Å². The van der Waals surface area contributed by atoms with Gasteiger partial charge in [-0.3, -0.25) is 0 Å². The Morgan fingerprint density at radius 2 is 1.76 bits per heavy atom. The molecule has 0 unspecified atom stereocenters. The molecule has 0 aliphatic carbocycles. The highest BCUT2D eigenvalue weighted by Crippen LogP contribution is 2.12. The van der Waals surface area contributed by atoms with Crippen LogP contribution in [0, 0.1) is 22.7 Å². The van der Waals surface area contributed by atoms with Crippen LogP contribution in [0.1, 0.15) is 13.8 Å². The molecule has 0 atom stereocenters. The lowest BCUT2D eigenvalue weighted by Gasteiger charge is -1.86. The Bertz CT molecular complexity index is 695. The van der Waals surface area contributed by atoms with Crippen LogP contribution in [0.4, 0.5) is 0 Å². The SMILES string of the molecule is C=c1sc2ccccc2c1=C(C#N)C#N.CC. The fourth-order valence-electron chi connectivity index (χ4n) is 1.51. The summed E-state index contributed by atoms with van der Waals surface area (Å²) in [6, 6.07) is 11.5. The van der Waals surface area contributed by atoms with Gasteiger partial charge in [0.1, 0.15) is 17.7 Å². The van der Waals surface area contributed by atoms with Crippen molar-refractivity contribution >= 4 is 33.6 Å². The molecule has 1 heterocycles. The van der Waals surface area contributed by atoms with Crippen molar-refractivity contribution in [3.63, 3.8) is 0 Å². The molecule has 0 saturated carbocycles. The highest BCUT2D eigenvalue weighted by Gasteiger charge is 2.03.